The van der Waals surface area contributed by atoms with E-state index in [1.165, 1.54) is 6.07 Å². The number of hydrogen-bond donors (Lipinski definition) is 1. The molecule has 1 aromatic rings. The number of aromatic hydroxyl groups is 1. The predicted molar refractivity (Wildman–Crippen MR) is 45.1 cm³/mol. The highest BCUT2D eigenvalue weighted by molar-refractivity contribution is 9.10. The van der Waals surface area contributed by atoms with Gasteiger partial charge in [0.25, 0.3) is 0 Å². The first-order chi connectivity index (χ1) is 5.65. The molecule has 0 bridgehead atoms. The molecule has 1 rings (SSSR count). The Morgan fingerprint density at radius 3 is 2.75 bits per heavy atom. The Morgan fingerprint density at radius 1 is 1.58 bits per heavy atom. The van der Waals surface area contributed by atoms with Crippen LogP contribution >= 0.6 is 15.9 Å². The van der Waals surface area contributed by atoms with E-state index in [-0.39, 0.29) is 17.7 Å². The lowest BCUT2D eigenvalue weighted by molar-refractivity contribution is 0.467. The molecule has 0 atom stereocenters. The van der Waals surface area contributed by atoms with E-state index in [2.05, 4.69) is 15.9 Å². The molecule has 0 amide bonds. The van der Waals surface area contributed by atoms with Crippen LogP contribution in [0, 0.1) is 17.1 Å². The Labute approximate surface area is 77.4 Å². The van der Waals surface area contributed by atoms with Gasteiger partial charge in [0.05, 0.1) is 12.5 Å². The van der Waals surface area contributed by atoms with Crippen LogP contribution in [0.2, 0.25) is 0 Å². The van der Waals surface area contributed by atoms with E-state index in [0.29, 0.717) is 4.47 Å². The molecule has 0 heterocycles. The number of nitriles is 1. The largest absolute Gasteiger partial charge is 0.508 e. The van der Waals surface area contributed by atoms with Crippen molar-refractivity contribution >= 4 is 15.9 Å². The van der Waals surface area contributed by atoms with Crippen molar-refractivity contribution in [2.24, 2.45) is 0 Å². The minimum Gasteiger partial charge on any atom is -0.508 e. The van der Waals surface area contributed by atoms with Crippen LogP contribution in [0.3, 0.4) is 0 Å². The quantitative estimate of drug-likeness (QED) is 0.804. The molecular weight excluding hydrogens is 225 g/mol. The monoisotopic (exact) mass is 229 g/mol. The first-order valence-corrected chi connectivity index (χ1v) is 3.98. The Hall–Kier alpha value is -1.08. The molecule has 0 aromatic heterocycles. The maximum absolute atomic E-state index is 13.0. The summed E-state index contributed by atoms with van der Waals surface area (Å²) < 4.78 is 13.4. The second-order valence-electron chi connectivity index (χ2n) is 2.22. The highest BCUT2D eigenvalue weighted by atomic mass is 79.9. The summed E-state index contributed by atoms with van der Waals surface area (Å²) in [7, 11) is 0. The van der Waals surface area contributed by atoms with E-state index in [1.54, 1.807) is 0 Å². The minimum atomic E-state index is -0.566. The lowest BCUT2D eigenvalue weighted by atomic mass is 10.1. The molecule has 2 nitrogen and oxygen atoms in total. The van der Waals surface area contributed by atoms with Crippen LogP contribution in [0.5, 0.6) is 5.75 Å². The molecule has 1 N–H and O–H groups in total. The summed E-state index contributed by atoms with van der Waals surface area (Å²) in [6.07, 6.45) is -0.00725. The van der Waals surface area contributed by atoms with Gasteiger partial charge < -0.3 is 5.11 Å². The summed E-state index contributed by atoms with van der Waals surface area (Å²) in [5, 5.41) is 17.3. The van der Waals surface area contributed by atoms with Gasteiger partial charge in [0.15, 0.2) is 0 Å². The van der Waals surface area contributed by atoms with Crippen LogP contribution in [-0.4, -0.2) is 5.11 Å². The molecule has 0 aliphatic heterocycles. The molecule has 0 saturated carbocycles. The standard InChI is InChI=1S/C8H5BrFNO/c9-7-3-5(12)4-8(10)6(7)1-2-11/h3-4,12H,1H2. The molecule has 0 radical (unpaired) electrons. The van der Waals surface area contributed by atoms with Gasteiger partial charge in [-0.25, -0.2) is 4.39 Å². The molecule has 0 fully saturated rings. The fraction of sp³-hybridized carbons (Fsp3) is 0.125. The first-order valence-electron chi connectivity index (χ1n) is 3.19. The molecular formula is C8H5BrFNO. The normalized spacial score (nSPS) is 9.42. The Morgan fingerprint density at radius 2 is 2.25 bits per heavy atom. The lowest BCUT2D eigenvalue weighted by Gasteiger charge is -2.01. The number of halogens is 2. The zero-order valence-corrected chi connectivity index (χ0v) is 7.60. The second kappa shape index (κ2) is 3.55. The van der Waals surface area contributed by atoms with Gasteiger partial charge in [0.2, 0.25) is 0 Å². The van der Waals surface area contributed by atoms with Crippen molar-refractivity contribution in [3.8, 4) is 11.8 Å². The van der Waals surface area contributed by atoms with Crippen molar-refractivity contribution in [3.05, 3.63) is 28.0 Å². The first kappa shape index (κ1) is 9.01. The van der Waals surface area contributed by atoms with Gasteiger partial charge in [-0.2, -0.15) is 5.26 Å². The zero-order chi connectivity index (χ0) is 9.14. The summed E-state index contributed by atoms with van der Waals surface area (Å²) in [5.41, 5.74) is 0.273. The van der Waals surface area contributed by atoms with Gasteiger partial charge >= 0.3 is 0 Å². The SMILES string of the molecule is N#CCc1c(F)cc(O)cc1Br. The molecule has 12 heavy (non-hydrogen) atoms. The number of phenolic OH excluding ortho intramolecular Hbond substituents is 1. The van der Waals surface area contributed by atoms with Gasteiger partial charge in [0, 0.05) is 16.1 Å². The number of nitrogens with zero attached hydrogens (tertiary/aromatic N) is 1. The zero-order valence-electron chi connectivity index (χ0n) is 6.01. The molecule has 62 valence electrons. The van der Waals surface area contributed by atoms with Crippen LogP contribution in [0.25, 0.3) is 0 Å². The van der Waals surface area contributed by atoms with E-state index in [1.807, 2.05) is 6.07 Å². The fourth-order valence-corrected chi connectivity index (χ4v) is 1.40. The summed E-state index contributed by atoms with van der Waals surface area (Å²) >= 11 is 3.05. The van der Waals surface area contributed by atoms with Crippen LogP contribution < -0.4 is 0 Å². The van der Waals surface area contributed by atoms with Gasteiger partial charge in [-0.05, 0) is 6.07 Å². The van der Waals surface area contributed by atoms with E-state index in [4.69, 9.17) is 10.4 Å². The number of benzene rings is 1. The third-order valence-corrected chi connectivity index (χ3v) is 2.09. The lowest BCUT2D eigenvalue weighted by Crippen LogP contribution is -1.89. The van der Waals surface area contributed by atoms with Crippen molar-refractivity contribution in [2.75, 3.05) is 0 Å². The van der Waals surface area contributed by atoms with Crippen LogP contribution in [-0.2, 0) is 6.42 Å². The highest BCUT2D eigenvalue weighted by Gasteiger charge is 2.07. The Bertz CT molecular complexity index is 322. The maximum atomic E-state index is 13.0. The molecule has 0 aliphatic carbocycles. The minimum absolute atomic E-state index is 0.00725. The highest BCUT2D eigenvalue weighted by Crippen LogP contribution is 2.25. The van der Waals surface area contributed by atoms with Gasteiger partial charge in [-0.3, -0.25) is 0 Å². The topological polar surface area (TPSA) is 44.0 Å². The summed E-state index contributed by atoms with van der Waals surface area (Å²) in [6, 6.07) is 4.17. The van der Waals surface area contributed by atoms with E-state index in [9.17, 15) is 4.39 Å². The smallest absolute Gasteiger partial charge is 0.132 e. The predicted octanol–water partition coefficient (Wildman–Crippen LogP) is 2.36. The third-order valence-electron chi connectivity index (χ3n) is 1.38. The summed E-state index contributed by atoms with van der Waals surface area (Å²) in [6.45, 7) is 0. The van der Waals surface area contributed by atoms with Gasteiger partial charge in [0.1, 0.15) is 11.6 Å². The van der Waals surface area contributed by atoms with E-state index >= 15 is 0 Å². The van der Waals surface area contributed by atoms with Crippen LogP contribution in [0.15, 0.2) is 16.6 Å². The molecule has 0 aliphatic rings. The third kappa shape index (κ3) is 1.74. The fourth-order valence-electron chi connectivity index (χ4n) is 0.838. The summed E-state index contributed by atoms with van der Waals surface area (Å²) in [4.78, 5) is 0. The van der Waals surface area contributed by atoms with Crippen LogP contribution in [0.4, 0.5) is 4.39 Å². The Balaban J connectivity index is 3.21. The van der Waals surface area contributed by atoms with Crippen molar-refractivity contribution in [1.82, 2.24) is 0 Å². The number of hydrogen-bond acceptors (Lipinski definition) is 2. The average Bonchev–Trinajstić information content (AvgIpc) is 1.96. The molecule has 0 unspecified atom stereocenters. The van der Waals surface area contributed by atoms with Gasteiger partial charge in [-0.1, -0.05) is 15.9 Å². The van der Waals surface area contributed by atoms with Crippen molar-refractivity contribution in [2.45, 2.75) is 6.42 Å². The molecule has 0 saturated heterocycles. The maximum Gasteiger partial charge on any atom is 0.132 e. The number of rotatable bonds is 1. The molecule has 0 spiro atoms. The van der Waals surface area contributed by atoms with Gasteiger partial charge in [-0.15, -0.1) is 0 Å². The second-order valence-corrected chi connectivity index (χ2v) is 3.08. The molecule has 1 aromatic carbocycles. The van der Waals surface area contributed by atoms with Crippen LogP contribution in [0.1, 0.15) is 5.56 Å². The average molecular weight is 230 g/mol. The van der Waals surface area contributed by atoms with E-state index in [0.717, 1.165) is 6.07 Å². The summed E-state index contributed by atoms with van der Waals surface area (Å²) in [5.74, 6) is -0.718. The molecule has 4 heteroatoms. The van der Waals surface area contributed by atoms with Crippen molar-refractivity contribution < 1.29 is 9.50 Å². The van der Waals surface area contributed by atoms with Crippen molar-refractivity contribution in [3.63, 3.8) is 0 Å². The van der Waals surface area contributed by atoms with Crippen molar-refractivity contribution in [1.29, 1.82) is 5.26 Å². The Kier molecular flexibility index (Phi) is 2.66. The van der Waals surface area contributed by atoms with E-state index < -0.39 is 5.82 Å². The number of phenols is 1.